The fourth-order valence-corrected chi connectivity index (χ4v) is 2.10. The van der Waals surface area contributed by atoms with E-state index in [1.807, 2.05) is 12.3 Å². The van der Waals surface area contributed by atoms with E-state index in [2.05, 4.69) is 38.3 Å². The molecule has 0 saturated carbocycles. The lowest BCUT2D eigenvalue weighted by molar-refractivity contribution is 0.850. The first kappa shape index (κ1) is 8.90. The van der Waals surface area contributed by atoms with E-state index in [-0.39, 0.29) is 0 Å². The van der Waals surface area contributed by atoms with Crippen LogP contribution >= 0.6 is 27.3 Å². The molecule has 2 aromatic heterocycles. The van der Waals surface area contributed by atoms with Crippen molar-refractivity contribution in [2.24, 2.45) is 0 Å². The molecule has 68 valence electrons. The number of rotatable bonds is 2. The summed E-state index contributed by atoms with van der Waals surface area (Å²) in [5.74, 6) is 0. The number of hydrogen-bond acceptors (Lipinski definition) is 3. The zero-order valence-corrected chi connectivity index (χ0v) is 9.47. The second-order valence-electron chi connectivity index (χ2n) is 2.56. The van der Waals surface area contributed by atoms with E-state index in [1.54, 1.807) is 16.0 Å². The molecule has 2 rings (SSSR count). The SMILES string of the molecule is CCc1csc(-n2ccc(Br)n2)n1. The number of halogens is 1. The highest BCUT2D eigenvalue weighted by Crippen LogP contribution is 2.16. The first-order chi connectivity index (χ1) is 6.29. The molecule has 2 heterocycles. The van der Waals surface area contributed by atoms with Crippen LogP contribution in [-0.2, 0) is 6.42 Å². The predicted molar refractivity (Wildman–Crippen MR) is 56.3 cm³/mol. The van der Waals surface area contributed by atoms with Gasteiger partial charge in [0.2, 0.25) is 5.13 Å². The Hall–Kier alpha value is -0.680. The van der Waals surface area contributed by atoms with Gasteiger partial charge >= 0.3 is 0 Å². The van der Waals surface area contributed by atoms with Gasteiger partial charge in [0.15, 0.2) is 0 Å². The van der Waals surface area contributed by atoms with Gasteiger partial charge in [0, 0.05) is 11.6 Å². The molecular formula is C8H8BrN3S. The van der Waals surface area contributed by atoms with Crippen molar-refractivity contribution in [3.8, 4) is 5.13 Å². The maximum absolute atomic E-state index is 4.41. The third-order valence-electron chi connectivity index (χ3n) is 1.65. The first-order valence-electron chi connectivity index (χ1n) is 3.95. The molecule has 0 saturated heterocycles. The quantitative estimate of drug-likeness (QED) is 0.829. The van der Waals surface area contributed by atoms with Crippen molar-refractivity contribution in [3.05, 3.63) is 27.9 Å². The average Bonchev–Trinajstić information content (AvgIpc) is 2.71. The Morgan fingerprint density at radius 2 is 2.46 bits per heavy atom. The molecule has 0 spiro atoms. The summed E-state index contributed by atoms with van der Waals surface area (Å²) < 4.78 is 2.61. The fraction of sp³-hybridized carbons (Fsp3) is 0.250. The monoisotopic (exact) mass is 257 g/mol. The largest absolute Gasteiger partial charge is 0.223 e. The van der Waals surface area contributed by atoms with Gasteiger partial charge in [-0.3, -0.25) is 0 Å². The van der Waals surface area contributed by atoms with Crippen LogP contribution in [0.15, 0.2) is 22.2 Å². The van der Waals surface area contributed by atoms with Crippen molar-refractivity contribution < 1.29 is 0 Å². The summed E-state index contributed by atoms with van der Waals surface area (Å²) in [6.07, 6.45) is 2.86. The van der Waals surface area contributed by atoms with Crippen LogP contribution in [0.3, 0.4) is 0 Å². The third kappa shape index (κ3) is 1.81. The van der Waals surface area contributed by atoms with Crippen molar-refractivity contribution >= 4 is 27.3 Å². The number of hydrogen-bond donors (Lipinski definition) is 0. The topological polar surface area (TPSA) is 30.7 Å². The summed E-state index contributed by atoms with van der Waals surface area (Å²) in [6.45, 7) is 2.10. The van der Waals surface area contributed by atoms with Gasteiger partial charge in [0.05, 0.1) is 5.69 Å². The Balaban J connectivity index is 2.35. The van der Waals surface area contributed by atoms with Gasteiger partial charge in [-0.05, 0) is 28.4 Å². The highest BCUT2D eigenvalue weighted by atomic mass is 79.9. The summed E-state index contributed by atoms with van der Waals surface area (Å²) in [5.41, 5.74) is 1.12. The van der Waals surface area contributed by atoms with Crippen LogP contribution in [-0.4, -0.2) is 14.8 Å². The van der Waals surface area contributed by atoms with E-state index in [0.29, 0.717) is 0 Å². The molecule has 5 heteroatoms. The molecule has 0 unspecified atom stereocenters. The van der Waals surface area contributed by atoms with Crippen LogP contribution in [0.5, 0.6) is 0 Å². The molecule has 0 aliphatic rings. The molecular weight excluding hydrogens is 250 g/mol. The van der Waals surface area contributed by atoms with Gasteiger partial charge in [0.25, 0.3) is 0 Å². The van der Waals surface area contributed by atoms with Crippen LogP contribution in [0.4, 0.5) is 0 Å². The van der Waals surface area contributed by atoms with Gasteiger partial charge in [0.1, 0.15) is 4.60 Å². The van der Waals surface area contributed by atoms with Crippen LogP contribution < -0.4 is 0 Å². The Morgan fingerprint density at radius 1 is 1.62 bits per heavy atom. The second-order valence-corrected chi connectivity index (χ2v) is 4.21. The Morgan fingerprint density at radius 3 is 3.00 bits per heavy atom. The Labute approximate surface area is 88.6 Å². The van der Waals surface area contributed by atoms with Crippen LogP contribution in [0.2, 0.25) is 0 Å². The lowest BCUT2D eigenvalue weighted by Crippen LogP contribution is -1.93. The summed E-state index contributed by atoms with van der Waals surface area (Å²) in [6, 6.07) is 1.90. The highest BCUT2D eigenvalue weighted by molar-refractivity contribution is 9.10. The lowest BCUT2D eigenvalue weighted by Gasteiger charge is -1.91. The summed E-state index contributed by atoms with van der Waals surface area (Å²) in [7, 11) is 0. The van der Waals surface area contributed by atoms with E-state index >= 15 is 0 Å². The van der Waals surface area contributed by atoms with Crippen LogP contribution in [0, 0.1) is 0 Å². The third-order valence-corrected chi connectivity index (χ3v) is 2.96. The number of aromatic nitrogens is 3. The molecule has 0 amide bonds. The minimum absolute atomic E-state index is 0.834. The fourth-order valence-electron chi connectivity index (χ4n) is 0.972. The summed E-state index contributed by atoms with van der Waals surface area (Å²) >= 11 is 4.91. The van der Waals surface area contributed by atoms with Gasteiger partial charge < -0.3 is 0 Å². The molecule has 0 atom stereocenters. The summed E-state index contributed by atoms with van der Waals surface area (Å²) in [4.78, 5) is 4.41. The minimum Gasteiger partial charge on any atom is -0.223 e. The van der Waals surface area contributed by atoms with E-state index in [4.69, 9.17) is 0 Å². The minimum atomic E-state index is 0.834. The normalized spacial score (nSPS) is 10.6. The van der Waals surface area contributed by atoms with E-state index < -0.39 is 0 Å². The van der Waals surface area contributed by atoms with Gasteiger partial charge in [-0.2, -0.15) is 5.10 Å². The van der Waals surface area contributed by atoms with Gasteiger partial charge in [-0.15, -0.1) is 11.3 Å². The number of thiazole rings is 1. The van der Waals surface area contributed by atoms with Crippen LogP contribution in [0.25, 0.3) is 5.13 Å². The standard InChI is InChI=1S/C8H8BrN3S/c1-2-6-5-13-8(10-6)12-4-3-7(9)11-12/h3-5H,2H2,1H3. The van der Waals surface area contributed by atoms with Gasteiger partial charge in [-0.25, -0.2) is 9.67 Å². The second kappa shape index (κ2) is 3.59. The molecule has 2 aromatic rings. The van der Waals surface area contributed by atoms with E-state index in [1.165, 1.54) is 0 Å². The van der Waals surface area contributed by atoms with Crippen molar-refractivity contribution in [1.29, 1.82) is 0 Å². The smallest absolute Gasteiger partial charge is 0.210 e. The first-order valence-corrected chi connectivity index (χ1v) is 5.63. The summed E-state index contributed by atoms with van der Waals surface area (Å²) in [5, 5.41) is 7.19. The molecule has 13 heavy (non-hydrogen) atoms. The number of nitrogens with zero attached hydrogens (tertiary/aromatic N) is 3. The lowest BCUT2D eigenvalue weighted by atomic mass is 10.4. The van der Waals surface area contributed by atoms with Crippen molar-refractivity contribution in [3.63, 3.8) is 0 Å². The average molecular weight is 258 g/mol. The molecule has 0 aromatic carbocycles. The van der Waals surface area contributed by atoms with Crippen molar-refractivity contribution in [2.45, 2.75) is 13.3 Å². The van der Waals surface area contributed by atoms with E-state index in [9.17, 15) is 0 Å². The molecule has 0 aliphatic carbocycles. The Bertz CT molecular complexity index is 407. The molecule has 3 nitrogen and oxygen atoms in total. The maximum atomic E-state index is 4.41. The molecule has 0 aliphatic heterocycles. The van der Waals surface area contributed by atoms with Crippen molar-refractivity contribution in [2.75, 3.05) is 0 Å². The molecule has 0 fully saturated rings. The zero-order valence-electron chi connectivity index (χ0n) is 7.07. The number of aryl methyl sites for hydroxylation is 1. The van der Waals surface area contributed by atoms with E-state index in [0.717, 1.165) is 21.8 Å². The van der Waals surface area contributed by atoms with Gasteiger partial charge in [-0.1, -0.05) is 6.92 Å². The van der Waals surface area contributed by atoms with Crippen LogP contribution in [0.1, 0.15) is 12.6 Å². The molecule has 0 N–H and O–H groups in total. The molecule has 0 radical (unpaired) electrons. The molecule has 0 bridgehead atoms. The maximum Gasteiger partial charge on any atom is 0.210 e. The Kier molecular flexibility index (Phi) is 2.46. The zero-order chi connectivity index (χ0) is 9.26. The highest BCUT2D eigenvalue weighted by Gasteiger charge is 2.03. The van der Waals surface area contributed by atoms with Crippen molar-refractivity contribution in [1.82, 2.24) is 14.8 Å². The predicted octanol–water partition coefficient (Wildman–Crippen LogP) is 2.65.